The molecule has 0 spiro atoms. The zero-order valence-corrected chi connectivity index (χ0v) is 18.2. The van der Waals surface area contributed by atoms with Gasteiger partial charge in [0.1, 0.15) is 17.2 Å². The minimum atomic E-state index is -4.54. The molecule has 1 aliphatic rings. The molecule has 0 bridgehead atoms. The van der Waals surface area contributed by atoms with Gasteiger partial charge in [-0.25, -0.2) is 14.8 Å². The lowest BCUT2D eigenvalue weighted by Gasteiger charge is -2.28. The molecule has 1 fully saturated rings. The van der Waals surface area contributed by atoms with Crippen molar-refractivity contribution in [3.8, 4) is 11.4 Å². The average molecular weight is 482 g/mol. The summed E-state index contributed by atoms with van der Waals surface area (Å²) in [7, 11) is 0. The molecule has 1 aliphatic heterocycles. The molecule has 0 radical (unpaired) electrons. The summed E-state index contributed by atoms with van der Waals surface area (Å²) in [6.45, 7) is 2.84. The first-order chi connectivity index (χ1) is 15.8. The van der Waals surface area contributed by atoms with Crippen LogP contribution in [-0.2, 0) is 22.2 Å². The van der Waals surface area contributed by atoms with Crippen LogP contribution >= 0.6 is 11.6 Å². The SMILES string of the molecule is CCOC(=O)c1cnc(Cl)nc1NCc1ccc(-c2nc(C(F)(F)F)cn2C2COC2)cc1. The second-order valence-corrected chi connectivity index (χ2v) is 7.56. The number of alkyl halides is 3. The highest BCUT2D eigenvalue weighted by Gasteiger charge is 2.36. The molecule has 174 valence electrons. The molecule has 1 N–H and O–H groups in total. The van der Waals surface area contributed by atoms with Gasteiger partial charge < -0.3 is 19.4 Å². The Morgan fingerprint density at radius 2 is 2.00 bits per heavy atom. The summed E-state index contributed by atoms with van der Waals surface area (Å²) in [5.41, 5.74) is 0.535. The number of nitrogens with one attached hydrogen (secondary N) is 1. The van der Waals surface area contributed by atoms with Crippen molar-refractivity contribution in [1.29, 1.82) is 0 Å². The highest BCUT2D eigenvalue weighted by molar-refractivity contribution is 6.28. The van der Waals surface area contributed by atoms with Crippen molar-refractivity contribution in [2.75, 3.05) is 25.1 Å². The molecule has 4 rings (SSSR count). The fourth-order valence-corrected chi connectivity index (χ4v) is 3.35. The molecule has 0 unspecified atom stereocenters. The lowest BCUT2D eigenvalue weighted by molar-refractivity contribution is -0.141. The van der Waals surface area contributed by atoms with Crippen molar-refractivity contribution >= 4 is 23.4 Å². The second-order valence-electron chi connectivity index (χ2n) is 7.22. The van der Waals surface area contributed by atoms with Crippen molar-refractivity contribution in [2.24, 2.45) is 0 Å². The summed E-state index contributed by atoms with van der Waals surface area (Å²) in [6, 6.07) is 6.69. The van der Waals surface area contributed by atoms with E-state index in [1.165, 1.54) is 10.8 Å². The highest BCUT2D eigenvalue weighted by atomic mass is 35.5. The number of anilines is 1. The first-order valence-corrected chi connectivity index (χ1v) is 10.4. The Morgan fingerprint density at radius 3 is 2.61 bits per heavy atom. The smallest absolute Gasteiger partial charge is 0.434 e. The van der Waals surface area contributed by atoms with Crippen molar-refractivity contribution in [1.82, 2.24) is 19.5 Å². The standard InChI is InChI=1S/C21H19ClF3N5O3/c1-2-33-19(31)15-8-27-20(22)29-17(15)26-7-12-3-5-13(6-4-12)18-28-16(21(23,24)25)9-30(18)14-10-32-11-14/h3-6,8-9,14H,2,7,10-11H2,1H3,(H,26,27,29). The summed E-state index contributed by atoms with van der Waals surface area (Å²) in [4.78, 5) is 23.8. The zero-order chi connectivity index (χ0) is 23.6. The first kappa shape index (κ1) is 23.0. The molecule has 1 aromatic carbocycles. The van der Waals surface area contributed by atoms with Crippen molar-refractivity contribution in [3.63, 3.8) is 0 Å². The van der Waals surface area contributed by atoms with Gasteiger partial charge in [-0.2, -0.15) is 18.2 Å². The number of imidazole rings is 1. The molecule has 3 aromatic rings. The Kier molecular flexibility index (Phi) is 6.52. The topological polar surface area (TPSA) is 91.2 Å². The van der Waals surface area contributed by atoms with Gasteiger partial charge in [0.2, 0.25) is 5.28 Å². The summed E-state index contributed by atoms with van der Waals surface area (Å²) in [5, 5.41) is 2.98. The van der Waals surface area contributed by atoms with Crippen LogP contribution in [0.2, 0.25) is 5.28 Å². The predicted octanol–water partition coefficient (Wildman–Crippen LogP) is 4.37. The van der Waals surface area contributed by atoms with Gasteiger partial charge in [-0.15, -0.1) is 0 Å². The number of esters is 1. The number of carbonyl (C=O) groups is 1. The Labute approximate surface area is 191 Å². The van der Waals surface area contributed by atoms with Gasteiger partial charge in [0, 0.05) is 24.5 Å². The van der Waals surface area contributed by atoms with Crippen LogP contribution in [0.4, 0.5) is 19.0 Å². The Hall–Kier alpha value is -3.18. The number of hydrogen-bond acceptors (Lipinski definition) is 7. The van der Waals surface area contributed by atoms with Crippen LogP contribution in [0.25, 0.3) is 11.4 Å². The molecule has 2 aromatic heterocycles. The highest BCUT2D eigenvalue weighted by Crippen LogP contribution is 2.34. The number of nitrogens with zero attached hydrogens (tertiary/aromatic N) is 4. The van der Waals surface area contributed by atoms with E-state index < -0.39 is 17.8 Å². The largest absolute Gasteiger partial charge is 0.462 e. The molecule has 33 heavy (non-hydrogen) atoms. The molecule has 0 aliphatic carbocycles. The average Bonchev–Trinajstić information content (AvgIpc) is 3.17. The Balaban J connectivity index is 1.53. The van der Waals surface area contributed by atoms with Gasteiger partial charge in [0.25, 0.3) is 0 Å². The Bertz CT molecular complexity index is 1150. The van der Waals surface area contributed by atoms with Crippen molar-refractivity contribution in [2.45, 2.75) is 25.7 Å². The van der Waals surface area contributed by atoms with Gasteiger partial charge in [-0.05, 0) is 24.1 Å². The molecular weight excluding hydrogens is 463 g/mol. The molecule has 1 saturated heterocycles. The number of rotatable bonds is 7. The third-order valence-electron chi connectivity index (χ3n) is 4.96. The van der Waals surface area contributed by atoms with Crippen LogP contribution < -0.4 is 5.32 Å². The van der Waals surface area contributed by atoms with E-state index >= 15 is 0 Å². The van der Waals surface area contributed by atoms with E-state index in [1.54, 1.807) is 31.2 Å². The molecule has 12 heteroatoms. The minimum Gasteiger partial charge on any atom is -0.462 e. The molecule has 3 heterocycles. The predicted molar refractivity (Wildman–Crippen MR) is 113 cm³/mol. The van der Waals surface area contributed by atoms with E-state index in [1.807, 2.05) is 0 Å². The molecular formula is C21H19ClF3N5O3. The van der Waals surface area contributed by atoms with Crippen LogP contribution in [0.5, 0.6) is 0 Å². The van der Waals surface area contributed by atoms with E-state index in [-0.39, 0.29) is 41.7 Å². The summed E-state index contributed by atoms with van der Waals surface area (Å²) in [5.74, 6) is -0.144. The fraction of sp³-hybridized carbons (Fsp3) is 0.333. The maximum atomic E-state index is 13.2. The second kappa shape index (κ2) is 9.36. The summed E-state index contributed by atoms with van der Waals surface area (Å²) >= 11 is 5.85. The number of aromatic nitrogens is 4. The maximum absolute atomic E-state index is 13.2. The number of benzene rings is 1. The fourth-order valence-electron chi connectivity index (χ4n) is 3.22. The summed E-state index contributed by atoms with van der Waals surface area (Å²) < 4.78 is 51.2. The number of ether oxygens (including phenoxy) is 2. The number of carbonyl (C=O) groups excluding carboxylic acids is 1. The van der Waals surface area contributed by atoms with E-state index in [0.717, 1.165) is 11.8 Å². The first-order valence-electron chi connectivity index (χ1n) is 10.0. The van der Waals surface area contributed by atoms with Crippen LogP contribution in [0.1, 0.15) is 34.6 Å². The van der Waals surface area contributed by atoms with E-state index in [4.69, 9.17) is 21.1 Å². The van der Waals surface area contributed by atoms with Gasteiger partial charge in [-0.3, -0.25) is 0 Å². The quantitative estimate of drug-likeness (QED) is 0.395. The van der Waals surface area contributed by atoms with Crippen LogP contribution in [0, 0.1) is 0 Å². The number of hydrogen-bond donors (Lipinski definition) is 1. The molecule has 0 atom stereocenters. The maximum Gasteiger partial charge on any atom is 0.434 e. The van der Waals surface area contributed by atoms with E-state index in [0.29, 0.717) is 18.8 Å². The molecule has 0 amide bonds. The minimum absolute atomic E-state index is 0.0341. The van der Waals surface area contributed by atoms with E-state index in [9.17, 15) is 18.0 Å². The molecule has 8 nitrogen and oxygen atoms in total. The van der Waals surface area contributed by atoms with Crippen LogP contribution in [-0.4, -0.2) is 45.3 Å². The van der Waals surface area contributed by atoms with Crippen molar-refractivity contribution in [3.05, 3.63) is 58.8 Å². The van der Waals surface area contributed by atoms with Crippen LogP contribution in [0.15, 0.2) is 36.7 Å². The van der Waals surface area contributed by atoms with Crippen molar-refractivity contribution < 1.29 is 27.4 Å². The normalized spacial score (nSPS) is 14.1. The number of halogens is 4. The van der Waals surface area contributed by atoms with Crippen LogP contribution in [0.3, 0.4) is 0 Å². The lowest BCUT2D eigenvalue weighted by atomic mass is 10.1. The van der Waals surface area contributed by atoms with Gasteiger partial charge >= 0.3 is 12.1 Å². The third kappa shape index (κ3) is 5.09. The monoisotopic (exact) mass is 481 g/mol. The third-order valence-corrected chi connectivity index (χ3v) is 5.15. The summed E-state index contributed by atoms with van der Waals surface area (Å²) in [6.07, 6.45) is -2.24. The van der Waals surface area contributed by atoms with Gasteiger partial charge in [0.05, 0.1) is 25.9 Å². The van der Waals surface area contributed by atoms with E-state index in [2.05, 4.69) is 20.3 Å². The van der Waals surface area contributed by atoms with Gasteiger partial charge in [0.15, 0.2) is 5.69 Å². The lowest BCUT2D eigenvalue weighted by Crippen LogP contribution is -2.30. The van der Waals surface area contributed by atoms with Gasteiger partial charge in [-0.1, -0.05) is 24.3 Å². The Morgan fingerprint density at radius 1 is 1.27 bits per heavy atom. The molecule has 0 saturated carbocycles. The zero-order valence-electron chi connectivity index (χ0n) is 17.4.